The van der Waals surface area contributed by atoms with Crippen molar-refractivity contribution in [1.29, 1.82) is 0 Å². The highest BCUT2D eigenvalue weighted by atomic mass is 16.5. The predicted octanol–water partition coefficient (Wildman–Crippen LogP) is 1.45. The SMILES string of the molecule is C[C@@H](N)CC(=O)NC1CCC(NC(=O)c2cc(C3CC3)on2)CC1. The van der Waals surface area contributed by atoms with Gasteiger partial charge in [-0.3, -0.25) is 9.59 Å². The zero-order valence-electron chi connectivity index (χ0n) is 14.1. The molecule has 2 amide bonds. The monoisotopic (exact) mass is 334 g/mol. The van der Waals surface area contributed by atoms with Gasteiger partial charge in [0.2, 0.25) is 5.91 Å². The van der Waals surface area contributed by atoms with E-state index in [9.17, 15) is 9.59 Å². The van der Waals surface area contributed by atoms with Gasteiger partial charge >= 0.3 is 0 Å². The molecule has 24 heavy (non-hydrogen) atoms. The average molecular weight is 334 g/mol. The third-order valence-corrected chi connectivity index (χ3v) is 4.68. The predicted molar refractivity (Wildman–Crippen MR) is 88.4 cm³/mol. The molecule has 2 fully saturated rings. The van der Waals surface area contributed by atoms with Crippen molar-refractivity contribution in [3.63, 3.8) is 0 Å². The highest BCUT2D eigenvalue weighted by molar-refractivity contribution is 5.92. The van der Waals surface area contributed by atoms with Crippen molar-refractivity contribution in [2.45, 2.75) is 75.9 Å². The van der Waals surface area contributed by atoms with E-state index in [1.807, 2.05) is 6.92 Å². The molecule has 1 aromatic heterocycles. The number of nitrogens with zero attached hydrogens (tertiary/aromatic N) is 1. The molecule has 0 aromatic carbocycles. The molecular weight excluding hydrogens is 308 g/mol. The van der Waals surface area contributed by atoms with Crippen molar-refractivity contribution in [3.05, 3.63) is 17.5 Å². The minimum absolute atomic E-state index is 0.00712. The first-order valence-corrected chi connectivity index (χ1v) is 8.83. The molecule has 7 nitrogen and oxygen atoms in total. The van der Waals surface area contributed by atoms with Gasteiger partial charge in [-0.2, -0.15) is 0 Å². The van der Waals surface area contributed by atoms with Crippen LogP contribution < -0.4 is 16.4 Å². The second kappa shape index (κ2) is 7.34. The second-order valence-corrected chi connectivity index (χ2v) is 7.16. The maximum absolute atomic E-state index is 12.2. The summed E-state index contributed by atoms with van der Waals surface area (Å²) in [6.45, 7) is 1.82. The topological polar surface area (TPSA) is 110 Å². The van der Waals surface area contributed by atoms with Crippen LogP contribution in [0.25, 0.3) is 0 Å². The molecule has 0 spiro atoms. The molecule has 0 unspecified atom stereocenters. The Hall–Kier alpha value is -1.89. The molecule has 0 aliphatic heterocycles. The smallest absolute Gasteiger partial charge is 0.273 e. The third kappa shape index (κ3) is 4.56. The van der Waals surface area contributed by atoms with E-state index in [2.05, 4.69) is 15.8 Å². The number of amides is 2. The standard InChI is InChI=1S/C17H26N4O3/c1-10(18)8-16(22)19-12-4-6-13(7-5-12)20-17(23)14-9-15(24-21-14)11-2-3-11/h9-13H,2-8,18H2,1H3,(H,19,22)(H,20,23)/t10-,12?,13?/m1/s1. The number of carbonyl (C=O) groups excluding carboxylic acids is 2. The van der Waals surface area contributed by atoms with Gasteiger partial charge in [-0.15, -0.1) is 0 Å². The minimum Gasteiger partial charge on any atom is -0.360 e. The first-order chi connectivity index (χ1) is 11.5. The Balaban J connectivity index is 1.41. The lowest BCUT2D eigenvalue weighted by molar-refractivity contribution is -0.122. The van der Waals surface area contributed by atoms with Crippen LogP contribution in [0.15, 0.2) is 10.6 Å². The molecule has 132 valence electrons. The molecule has 7 heteroatoms. The van der Waals surface area contributed by atoms with Crippen molar-refractivity contribution in [2.24, 2.45) is 5.73 Å². The average Bonchev–Trinajstić information content (AvgIpc) is 3.25. The van der Waals surface area contributed by atoms with Crippen molar-refractivity contribution in [2.75, 3.05) is 0 Å². The Morgan fingerprint density at radius 2 is 1.83 bits per heavy atom. The molecule has 2 saturated carbocycles. The van der Waals surface area contributed by atoms with Gasteiger partial charge in [0.15, 0.2) is 5.69 Å². The first-order valence-electron chi connectivity index (χ1n) is 8.83. The summed E-state index contributed by atoms with van der Waals surface area (Å²) in [5.74, 6) is 1.11. The highest BCUT2D eigenvalue weighted by Crippen LogP contribution is 2.40. The van der Waals surface area contributed by atoms with E-state index in [-0.39, 0.29) is 29.9 Å². The van der Waals surface area contributed by atoms with Crippen LogP contribution in [0.1, 0.15) is 74.0 Å². The Morgan fingerprint density at radius 3 is 2.42 bits per heavy atom. The lowest BCUT2D eigenvalue weighted by Crippen LogP contribution is -2.44. The Morgan fingerprint density at radius 1 is 1.21 bits per heavy atom. The zero-order chi connectivity index (χ0) is 17.1. The number of nitrogens with two attached hydrogens (primary N) is 1. The van der Waals surface area contributed by atoms with Gasteiger partial charge in [0.25, 0.3) is 5.91 Å². The maximum Gasteiger partial charge on any atom is 0.273 e. The molecule has 2 aliphatic rings. The van der Waals surface area contributed by atoms with Crippen molar-refractivity contribution < 1.29 is 14.1 Å². The molecule has 4 N–H and O–H groups in total. The summed E-state index contributed by atoms with van der Waals surface area (Å²) in [5, 5.41) is 9.91. The van der Waals surface area contributed by atoms with Crippen molar-refractivity contribution in [3.8, 4) is 0 Å². The molecule has 1 heterocycles. The van der Waals surface area contributed by atoms with Gasteiger partial charge in [0.05, 0.1) is 0 Å². The van der Waals surface area contributed by atoms with Crippen LogP contribution in [-0.4, -0.2) is 35.1 Å². The minimum atomic E-state index is -0.171. The summed E-state index contributed by atoms with van der Waals surface area (Å²) in [5.41, 5.74) is 6.00. The van der Waals surface area contributed by atoms with Crippen molar-refractivity contribution in [1.82, 2.24) is 15.8 Å². The van der Waals surface area contributed by atoms with Crippen LogP contribution in [0.3, 0.4) is 0 Å². The molecule has 1 aromatic rings. The summed E-state index contributed by atoms with van der Waals surface area (Å²) in [6, 6.07) is 1.94. The van der Waals surface area contributed by atoms with Crippen LogP contribution in [0.4, 0.5) is 0 Å². The Labute approximate surface area is 141 Å². The van der Waals surface area contributed by atoms with E-state index in [0.717, 1.165) is 44.3 Å². The number of rotatable bonds is 6. The lowest BCUT2D eigenvalue weighted by Gasteiger charge is -2.29. The van der Waals surface area contributed by atoms with Crippen LogP contribution in [0, 0.1) is 0 Å². The van der Waals surface area contributed by atoms with Crippen molar-refractivity contribution >= 4 is 11.8 Å². The number of hydrogen-bond acceptors (Lipinski definition) is 5. The first kappa shape index (κ1) is 17.0. The largest absolute Gasteiger partial charge is 0.360 e. The van der Waals surface area contributed by atoms with E-state index < -0.39 is 0 Å². The number of hydrogen-bond donors (Lipinski definition) is 3. The van der Waals surface area contributed by atoms with Crippen LogP contribution in [0.5, 0.6) is 0 Å². The lowest BCUT2D eigenvalue weighted by atomic mass is 9.91. The van der Waals surface area contributed by atoms with Gasteiger partial charge in [-0.25, -0.2) is 0 Å². The van der Waals surface area contributed by atoms with Gasteiger partial charge in [-0.05, 0) is 45.4 Å². The Kier molecular flexibility index (Phi) is 5.18. The number of aromatic nitrogens is 1. The quantitative estimate of drug-likeness (QED) is 0.729. The van der Waals surface area contributed by atoms with E-state index in [0.29, 0.717) is 18.0 Å². The molecule has 1 atom stereocenters. The maximum atomic E-state index is 12.2. The summed E-state index contributed by atoms with van der Waals surface area (Å²) in [6.07, 6.45) is 6.02. The molecule has 3 rings (SSSR count). The molecule has 0 saturated heterocycles. The van der Waals surface area contributed by atoms with E-state index in [1.165, 1.54) is 0 Å². The van der Waals surface area contributed by atoms with Gasteiger partial charge in [0, 0.05) is 36.5 Å². The number of nitrogens with one attached hydrogen (secondary N) is 2. The zero-order valence-corrected chi connectivity index (χ0v) is 14.1. The van der Waals surface area contributed by atoms with Gasteiger partial charge in [0.1, 0.15) is 5.76 Å². The normalized spacial score (nSPS) is 25.1. The van der Waals surface area contributed by atoms with E-state index in [1.54, 1.807) is 6.07 Å². The molecular formula is C17H26N4O3. The summed E-state index contributed by atoms with van der Waals surface area (Å²) in [7, 11) is 0. The highest BCUT2D eigenvalue weighted by Gasteiger charge is 2.30. The van der Waals surface area contributed by atoms with Crippen LogP contribution >= 0.6 is 0 Å². The van der Waals surface area contributed by atoms with Crippen LogP contribution in [0.2, 0.25) is 0 Å². The molecule has 2 aliphatic carbocycles. The van der Waals surface area contributed by atoms with Gasteiger partial charge < -0.3 is 20.9 Å². The summed E-state index contributed by atoms with van der Waals surface area (Å²) in [4.78, 5) is 24.0. The third-order valence-electron chi connectivity index (χ3n) is 4.68. The second-order valence-electron chi connectivity index (χ2n) is 7.16. The Bertz CT molecular complexity index is 586. The molecule has 0 bridgehead atoms. The van der Waals surface area contributed by atoms with E-state index >= 15 is 0 Å². The fraction of sp³-hybridized carbons (Fsp3) is 0.706. The fourth-order valence-corrected chi connectivity index (χ4v) is 3.18. The number of carbonyl (C=O) groups is 2. The molecule has 0 radical (unpaired) electrons. The summed E-state index contributed by atoms with van der Waals surface area (Å²) < 4.78 is 5.22. The van der Waals surface area contributed by atoms with E-state index in [4.69, 9.17) is 10.3 Å². The fourth-order valence-electron chi connectivity index (χ4n) is 3.18. The van der Waals surface area contributed by atoms with Gasteiger partial charge in [-0.1, -0.05) is 5.16 Å². The summed E-state index contributed by atoms with van der Waals surface area (Å²) >= 11 is 0. The van der Waals surface area contributed by atoms with Crippen LogP contribution in [-0.2, 0) is 4.79 Å².